The van der Waals surface area contributed by atoms with Crippen LogP contribution in [0, 0.1) is 0 Å². The summed E-state index contributed by atoms with van der Waals surface area (Å²) in [5.74, 6) is 0. The molecule has 150 valence electrons. The number of unbranched alkanes of at least 4 members (excludes halogenated alkanes) is 9. The van der Waals surface area contributed by atoms with Gasteiger partial charge >= 0.3 is 0 Å². The fourth-order valence-electron chi connectivity index (χ4n) is 4.10. The van der Waals surface area contributed by atoms with Crippen molar-refractivity contribution in [1.82, 2.24) is 0 Å². The van der Waals surface area contributed by atoms with E-state index in [2.05, 4.69) is 37.3 Å². The lowest BCUT2D eigenvalue weighted by molar-refractivity contribution is -0.947. The van der Waals surface area contributed by atoms with Crippen LogP contribution in [0.15, 0.2) is 30.3 Å². The van der Waals surface area contributed by atoms with E-state index in [0.717, 1.165) is 13.2 Å². The zero-order valence-electron chi connectivity index (χ0n) is 16.9. The highest BCUT2D eigenvalue weighted by Gasteiger charge is 2.29. The maximum Gasteiger partial charge on any atom is 0.104 e. The predicted octanol–water partition coefficient (Wildman–Crippen LogP) is 2.96. The molecule has 1 aromatic rings. The zero-order valence-corrected chi connectivity index (χ0v) is 17.7. The van der Waals surface area contributed by atoms with E-state index >= 15 is 0 Å². The molecule has 0 atom stereocenters. The number of nitrogens with zero attached hydrogens (tertiary/aromatic N) is 1. The molecule has 0 radical (unpaired) electrons. The SMILES string of the molecule is CCCCCCCCCCCC[N+]1(Cc2ccccc2)CCOCC1.[Cl-]. The topological polar surface area (TPSA) is 9.23 Å². The van der Waals surface area contributed by atoms with Crippen LogP contribution in [-0.4, -0.2) is 37.3 Å². The molecule has 2 rings (SSSR count). The molecule has 0 unspecified atom stereocenters. The van der Waals surface area contributed by atoms with Crippen LogP contribution in [0.5, 0.6) is 0 Å². The molecule has 1 aliphatic rings. The largest absolute Gasteiger partial charge is 1.00 e. The van der Waals surface area contributed by atoms with Gasteiger partial charge < -0.3 is 21.6 Å². The second-order valence-electron chi connectivity index (χ2n) is 7.95. The second-order valence-corrected chi connectivity index (χ2v) is 7.95. The van der Waals surface area contributed by atoms with Crippen LogP contribution in [0.1, 0.15) is 76.7 Å². The summed E-state index contributed by atoms with van der Waals surface area (Å²) in [5, 5.41) is 0. The molecule has 0 bridgehead atoms. The molecule has 0 N–H and O–H groups in total. The molecule has 2 nitrogen and oxygen atoms in total. The van der Waals surface area contributed by atoms with E-state index in [-0.39, 0.29) is 12.4 Å². The lowest BCUT2D eigenvalue weighted by Gasteiger charge is -2.41. The van der Waals surface area contributed by atoms with Gasteiger partial charge in [-0.2, -0.15) is 0 Å². The van der Waals surface area contributed by atoms with Gasteiger partial charge in [-0.05, 0) is 12.8 Å². The van der Waals surface area contributed by atoms with E-state index in [1.165, 1.54) is 100 Å². The summed E-state index contributed by atoms with van der Waals surface area (Å²) in [7, 11) is 0. The van der Waals surface area contributed by atoms with Crippen LogP contribution in [0.2, 0.25) is 0 Å². The molecule has 0 spiro atoms. The molecular weight excluding hydrogens is 342 g/mol. The summed E-state index contributed by atoms with van der Waals surface area (Å²) < 4.78 is 6.88. The molecule has 1 aromatic carbocycles. The highest BCUT2D eigenvalue weighted by Crippen LogP contribution is 2.20. The van der Waals surface area contributed by atoms with Gasteiger partial charge in [0.2, 0.25) is 0 Å². The summed E-state index contributed by atoms with van der Waals surface area (Å²) in [6, 6.07) is 11.0. The molecule has 1 heterocycles. The van der Waals surface area contributed by atoms with E-state index < -0.39 is 0 Å². The van der Waals surface area contributed by atoms with Gasteiger partial charge in [-0.3, -0.25) is 0 Å². The summed E-state index contributed by atoms with van der Waals surface area (Å²) in [6.45, 7) is 9.05. The molecule has 0 saturated carbocycles. The molecule has 1 saturated heterocycles. The van der Waals surface area contributed by atoms with Gasteiger partial charge in [-0.1, -0.05) is 88.6 Å². The van der Waals surface area contributed by atoms with Crippen molar-refractivity contribution in [3.8, 4) is 0 Å². The van der Waals surface area contributed by atoms with Gasteiger partial charge in [0.05, 0.1) is 19.8 Å². The van der Waals surface area contributed by atoms with Crippen molar-refractivity contribution in [3.63, 3.8) is 0 Å². The quantitative estimate of drug-likeness (QED) is 0.377. The Balaban J connectivity index is 0.00000338. The number of hydrogen-bond donors (Lipinski definition) is 0. The van der Waals surface area contributed by atoms with Crippen LogP contribution in [0.3, 0.4) is 0 Å². The maximum absolute atomic E-state index is 5.65. The third-order valence-corrected chi connectivity index (χ3v) is 5.77. The van der Waals surface area contributed by atoms with Crippen molar-refractivity contribution in [2.75, 3.05) is 32.8 Å². The number of morpholine rings is 1. The smallest absolute Gasteiger partial charge is 0.104 e. The van der Waals surface area contributed by atoms with Crippen molar-refractivity contribution in [2.45, 2.75) is 77.7 Å². The Bertz CT molecular complexity index is 431. The van der Waals surface area contributed by atoms with Crippen molar-refractivity contribution >= 4 is 0 Å². The average molecular weight is 382 g/mol. The van der Waals surface area contributed by atoms with Crippen molar-refractivity contribution in [2.24, 2.45) is 0 Å². The third-order valence-electron chi connectivity index (χ3n) is 5.77. The zero-order chi connectivity index (χ0) is 17.6. The monoisotopic (exact) mass is 381 g/mol. The molecule has 0 amide bonds. The highest BCUT2D eigenvalue weighted by molar-refractivity contribution is 5.13. The molecular formula is C23H40ClNO. The maximum atomic E-state index is 5.65. The Morgan fingerprint density at radius 2 is 1.31 bits per heavy atom. The van der Waals surface area contributed by atoms with E-state index in [1.54, 1.807) is 0 Å². The summed E-state index contributed by atoms with van der Waals surface area (Å²) in [6.07, 6.45) is 14.2. The minimum absolute atomic E-state index is 0. The molecule has 0 aliphatic carbocycles. The summed E-state index contributed by atoms with van der Waals surface area (Å²) in [4.78, 5) is 0. The first-order valence-electron chi connectivity index (χ1n) is 10.8. The lowest BCUT2D eigenvalue weighted by atomic mass is 10.1. The van der Waals surface area contributed by atoms with Gasteiger partial charge in [-0.15, -0.1) is 0 Å². The fourth-order valence-corrected chi connectivity index (χ4v) is 4.10. The van der Waals surface area contributed by atoms with Crippen LogP contribution in [-0.2, 0) is 11.3 Å². The standard InChI is InChI=1S/C23H40NO.ClH/c1-2-3-4-5-6-7-8-9-10-14-17-24(18-20-25-21-19-24)22-23-15-12-11-13-16-23;/h11-13,15-16H,2-10,14,17-22H2,1H3;1H/q+1;/p-1. The third kappa shape index (κ3) is 9.39. The number of halogens is 1. The van der Waals surface area contributed by atoms with Crippen LogP contribution in [0.4, 0.5) is 0 Å². The van der Waals surface area contributed by atoms with Crippen molar-refractivity contribution < 1.29 is 21.6 Å². The Labute approximate surface area is 168 Å². The first-order valence-corrected chi connectivity index (χ1v) is 10.8. The first kappa shape index (κ1) is 23.5. The molecule has 0 aromatic heterocycles. The Hall–Kier alpha value is -0.570. The van der Waals surface area contributed by atoms with E-state index in [9.17, 15) is 0 Å². The van der Waals surface area contributed by atoms with Gasteiger partial charge in [0.15, 0.2) is 0 Å². The summed E-state index contributed by atoms with van der Waals surface area (Å²) in [5.41, 5.74) is 1.48. The van der Waals surface area contributed by atoms with Crippen LogP contribution in [0.25, 0.3) is 0 Å². The van der Waals surface area contributed by atoms with Crippen molar-refractivity contribution in [3.05, 3.63) is 35.9 Å². The Morgan fingerprint density at radius 3 is 1.88 bits per heavy atom. The predicted molar refractivity (Wildman–Crippen MR) is 108 cm³/mol. The Kier molecular flexibility index (Phi) is 13.1. The van der Waals surface area contributed by atoms with Gasteiger partial charge in [0, 0.05) is 5.56 Å². The Morgan fingerprint density at radius 1 is 0.769 bits per heavy atom. The number of ether oxygens (including phenoxy) is 1. The van der Waals surface area contributed by atoms with Gasteiger partial charge in [-0.25, -0.2) is 0 Å². The first-order chi connectivity index (χ1) is 12.3. The van der Waals surface area contributed by atoms with E-state index in [4.69, 9.17) is 4.74 Å². The van der Waals surface area contributed by atoms with Gasteiger partial charge in [0.1, 0.15) is 19.6 Å². The van der Waals surface area contributed by atoms with Crippen LogP contribution < -0.4 is 12.4 Å². The highest BCUT2D eigenvalue weighted by atomic mass is 35.5. The van der Waals surface area contributed by atoms with Crippen LogP contribution >= 0.6 is 0 Å². The molecule has 26 heavy (non-hydrogen) atoms. The lowest BCUT2D eigenvalue weighted by Crippen LogP contribution is -3.00. The number of rotatable bonds is 13. The number of hydrogen-bond acceptors (Lipinski definition) is 1. The minimum atomic E-state index is 0. The number of benzene rings is 1. The summed E-state index contributed by atoms with van der Waals surface area (Å²) >= 11 is 0. The second kappa shape index (κ2) is 14.5. The average Bonchev–Trinajstić information content (AvgIpc) is 2.65. The molecule has 1 aliphatic heterocycles. The molecule has 3 heteroatoms. The van der Waals surface area contributed by atoms with E-state index in [0.29, 0.717) is 0 Å². The van der Waals surface area contributed by atoms with Crippen molar-refractivity contribution in [1.29, 1.82) is 0 Å². The molecule has 1 fully saturated rings. The normalized spacial score (nSPS) is 16.2. The van der Waals surface area contributed by atoms with Gasteiger partial charge in [0.25, 0.3) is 0 Å². The fraction of sp³-hybridized carbons (Fsp3) is 0.739. The van der Waals surface area contributed by atoms with E-state index in [1.807, 2.05) is 0 Å². The number of quaternary nitrogens is 1. The minimum Gasteiger partial charge on any atom is -1.00 e.